The zero-order valence-corrected chi connectivity index (χ0v) is 18.8. The van der Waals surface area contributed by atoms with Crippen LogP contribution < -0.4 is 10.9 Å². The van der Waals surface area contributed by atoms with Gasteiger partial charge in [0.1, 0.15) is 11.6 Å². The second kappa shape index (κ2) is 10.1. The van der Waals surface area contributed by atoms with Crippen molar-refractivity contribution in [2.24, 2.45) is 5.92 Å². The molecule has 0 bridgehead atoms. The van der Waals surface area contributed by atoms with Crippen molar-refractivity contribution in [1.82, 2.24) is 14.7 Å². The van der Waals surface area contributed by atoms with E-state index in [1.807, 2.05) is 13.8 Å². The number of rotatable bonds is 6. The standard InChI is InChI=1S/C24H32F2N4O2/c1-16-22(27-13-18-5-4-12-32-15-18)14-28-30(24(16)31)19-8-10-29(11-9-19)17(2)23-20(25)6-3-7-21(23)26/h3,6-7,14,17-19,27H,4-5,8-13,15H2,1-2H3/t17-,18-/m1/s1. The van der Waals surface area contributed by atoms with Crippen molar-refractivity contribution >= 4 is 5.69 Å². The molecule has 0 aliphatic carbocycles. The minimum Gasteiger partial charge on any atom is -0.383 e. The molecule has 1 aromatic heterocycles. The SMILES string of the molecule is Cc1c(NC[C@H]2CCCOC2)cnn(C2CCN([C@H](C)c3c(F)cccc3F)CC2)c1=O. The summed E-state index contributed by atoms with van der Waals surface area (Å²) in [5.41, 5.74) is 1.47. The van der Waals surface area contributed by atoms with Gasteiger partial charge >= 0.3 is 0 Å². The Balaban J connectivity index is 1.39. The number of nitrogens with one attached hydrogen (secondary N) is 1. The van der Waals surface area contributed by atoms with Gasteiger partial charge in [-0.1, -0.05) is 6.07 Å². The Morgan fingerprint density at radius 1 is 1.22 bits per heavy atom. The first-order valence-corrected chi connectivity index (χ1v) is 11.5. The molecular formula is C24H32F2N4O2. The maximum Gasteiger partial charge on any atom is 0.272 e. The number of ether oxygens (including phenoxy) is 1. The average Bonchev–Trinajstić information content (AvgIpc) is 2.81. The molecule has 6 nitrogen and oxygen atoms in total. The lowest BCUT2D eigenvalue weighted by Gasteiger charge is -2.36. The van der Waals surface area contributed by atoms with Crippen LogP contribution in [0.1, 0.15) is 55.8 Å². The molecule has 0 unspecified atom stereocenters. The van der Waals surface area contributed by atoms with Gasteiger partial charge in [0, 0.05) is 43.4 Å². The molecule has 2 aliphatic rings. The van der Waals surface area contributed by atoms with Crippen LogP contribution in [0.2, 0.25) is 0 Å². The second-order valence-electron chi connectivity index (χ2n) is 8.98. The highest BCUT2D eigenvalue weighted by Gasteiger charge is 2.28. The molecule has 2 aromatic rings. The first-order chi connectivity index (χ1) is 15.5. The van der Waals surface area contributed by atoms with E-state index in [4.69, 9.17) is 4.74 Å². The molecule has 2 fully saturated rings. The predicted octanol–water partition coefficient (Wildman–Crippen LogP) is 4.07. The molecule has 1 aromatic carbocycles. The zero-order valence-electron chi connectivity index (χ0n) is 18.8. The minimum absolute atomic E-state index is 0.0177. The molecule has 32 heavy (non-hydrogen) atoms. The molecule has 0 spiro atoms. The summed E-state index contributed by atoms with van der Waals surface area (Å²) in [7, 11) is 0. The topological polar surface area (TPSA) is 59.4 Å². The van der Waals surface area contributed by atoms with Gasteiger partial charge in [0.2, 0.25) is 0 Å². The molecule has 0 saturated carbocycles. The largest absolute Gasteiger partial charge is 0.383 e. The molecule has 2 aliphatic heterocycles. The number of halogens is 2. The van der Waals surface area contributed by atoms with Gasteiger partial charge in [0.15, 0.2) is 0 Å². The van der Waals surface area contributed by atoms with Crippen molar-refractivity contribution < 1.29 is 13.5 Å². The van der Waals surface area contributed by atoms with E-state index in [1.54, 1.807) is 10.9 Å². The number of benzene rings is 1. The van der Waals surface area contributed by atoms with E-state index in [0.29, 0.717) is 37.4 Å². The fraction of sp³-hybridized carbons (Fsp3) is 0.583. The van der Waals surface area contributed by atoms with Crippen LogP contribution in [0.15, 0.2) is 29.2 Å². The average molecular weight is 447 g/mol. The van der Waals surface area contributed by atoms with Gasteiger partial charge in [-0.15, -0.1) is 0 Å². The van der Waals surface area contributed by atoms with E-state index in [0.717, 1.165) is 38.3 Å². The molecule has 2 atom stereocenters. The third-order valence-corrected chi connectivity index (χ3v) is 6.89. The number of anilines is 1. The van der Waals surface area contributed by atoms with Gasteiger partial charge in [-0.3, -0.25) is 9.69 Å². The maximum atomic E-state index is 14.2. The highest BCUT2D eigenvalue weighted by molar-refractivity contribution is 5.47. The summed E-state index contributed by atoms with van der Waals surface area (Å²) in [5.74, 6) is -0.580. The lowest BCUT2D eigenvalue weighted by Crippen LogP contribution is -2.40. The van der Waals surface area contributed by atoms with E-state index in [2.05, 4.69) is 15.3 Å². The summed E-state index contributed by atoms with van der Waals surface area (Å²) in [6.07, 6.45) is 5.36. The summed E-state index contributed by atoms with van der Waals surface area (Å²) >= 11 is 0. The molecule has 174 valence electrons. The second-order valence-corrected chi connectivity index (χ2v) is 8.98. The zero-order chi connectivity index (χ0) is 22.7. The Bertz CT molecular complexity index is 962. The predicted molar refractivity (Wildman–Crippen MR) is 120 cm³/mol. The first kappa shape index (κ1) is 22.9. The summed E-state index contributed by atoms with van der Waals surface area (Å²) in [5, 5.41) is 7.82. The van der Waals surface area contributed by atoms with E-state index < -0.39 is 11.6 Å². The van der Waals surface area contributed by atoms with Crippen LogP contribution in [-0.2, 0) is 4.74 Å². The van der Waals surface area contributed by atoms with Crippen LogP contribution in [0, 0.1) is 24.5 Å². The fourth-order valence-corrected chi connectivity index (χ4v) is 4.83. The maximum absolute atomic E-state index is 14.2. The van der Waals surface area contributed by atoms with Gasteiger partial charge in [-0.25, -0.2) is 13.5 Å². The van der Waals surface area contributed by atoms with Crippen molar-refractivity contribution in [2.75, 3.05) is 38.2 Å². The Morgan fingerprint density at radius 2 is 1.94 bits per heavy atom. The smallest absolute Gasteiger partial charge is 0.272 e. The van der Waals surface area contributed by atoms with Gasteiger partial charge in [0.05, 0.1) is 24.5 Å². The van der Waals surface area contributed by atoms with Crippen molar-refractivity contribution in [3.63, 3.8) is 0 Å². The normalized spacial score (nSPS) is 21.4. The van der Waals surface area contributed by atoms with E-state index >= 15 is 0 Å². The number of aromatic nitrogens is 2. The third-order valence-electron chi connectivity index (χ3n) is 6.89. The fourth-order valence-electron chi connectivity index (χ4n) is 4.83. The van der Waals surface area contributed by atoms with Crippen LogP contribution >= 0.6 is 0 Å². The van der Waals surface area contributed by atoms with Crippen LogP contribution in [0.5, 0.6) is 0 Å². The summed E-state index contributed by atoms with van der Waals surface area (Å²) in [6, 6.07) is 3.60. The Kier molecular flexibility index (Phi) is 7.20. The van der Waals surface area contributed by atoms with Crippen molar-refractivity contribution in [1.29, 1.82) is 0 Å². The molecule has 3 heterocycles. The Morgan fingerprint density at radius 3 is 2.59 bits per heavy atom. The number of piperidine rings is 1. The van der Waals surface area contributed by atoms with Crippen LogP contribution in [-0.4, -0.2) is 47.5 Å². The molecule has 2 saturated heterocycles. The van der Waals surface area contributed by atoms with Crippen LogP contribution in [0.3, 0.4) is 0 Å². The van der Waals surface area contributed by atoms with Crippen LogP contribution in [0.25, 0.3) is 0 Å². The third kappa shape index (κ3) is 4.86. The molecule has 1 N–H and O–H groups in total. The van der Waals surface area contributed by atoms with E-state index in [1.165, 1.54) is 18.2 Å². The van der Waals surface area contributed by atoms with Crippen LogP contribution in [0.4, 0.5) is 14.5 Å². The number of likely N-dealkylation sites (tertiary alicyclic amines) is 1. The lowest BCUT2D eigenvalue weighted by atomic mass is 9.99. The summed E-state index contributed by atoms with van der Waals surface area (Å²) in [6.45, 7) is 7.31. The number of hydrogen-bond donors (Lipinski definition) is 1. The molecule has 0 radical (unpaired) electrons. The van der Waals surface area contributed by atoms with E-state index in [-0.39, 0.29) is 23.2 Å². The number of hydrogen-bond acceptors (Lipinski definition) is 5. The summed E-state index contributed by atoms with van der Waals surface area (Å²) < 4.78 is 35.5. The van der Waals surface area contributed by atoms with Gasteiger partial charge in [0.25, 0.3) is 5.56 Å². The highest BCUT2D eigenvalue weighted by atomic mass is 19.1. The number of nitrogens with zero attached hydrogens (tertiary/aromatic N) is 3. The Hall–Kier alpha value is -2.32. The van der Waals surface area contributed by atoms with Crippen molar-refractivity contribution in [3.8, 4) is 0 Å². The lowest BCUT2D eigenvalue weighted by molar-refractivity contribution is 0.0595. The minimum atomic E-state index is -0.518. The summed E-state index contributed by atoms with van der Waals surface area (Å²) in [4.78, 5) is 15.1. The molecule has 8 heteroatoms. The highest BCUT2D eigenvalue weighted by Crippen LogP contribution is 2.31. The first-order valence-electron chi connectivity index (χ1n) is 11.5. The van der Waals surface area contributed by atoms with Gasteiger partial charge in [-0.2, -0.15) is 5.10 Å². The van der Waals surface area contributed by atoms with Crippen molar-refractivity contribution in [2.45, 2.75) is 51.6 Å². The Labute approximate surface area is 187 Å². The molecule has 4 rings (SSSR count). The molecule has 0 amide bonds. The quantitative estimate of drug-likeness (QED) is 0.725. The van der Waals surface area contributed by atoms with Gasteiger partial charge in [-0.05, 0) is 57.6 Å². The molecular weight excluding hydrogens is 414 g/mol. The van der Waals surface area contributed by atoms with Crippen molar-refractivity contribution in [3.05, 3.63) is 57.5 Å². The van der Waals surface area contributed by atoms with E-state index in [9.17, 15) is 13.6 Å². The van der Waals surface area contributed by atoms with Gasteiger partial charge < -0.3 is 10.1 Å². The monoisotopic (exact) mass is 446 g/mol.